The lowest BCUT2D eigenvalue weighted by molar-refractivity contribution is -0.144. The van der Waals surface area contributed by atoms with E-state index in [2.05, 4.69) is 75.7 Å². The number of benzene rings is 2. The fraction of sp³-hybridized carbons (Fsp3) is 0.393. The summed E-state index contributed by atoms with van der Waals surface area (Å²) in [7, 11) is 0. The molecule has 4 aromatic rings. The SMILES string of the molecule is CCOC(=O)Cn1nnnc1C(CC)N(Cc1ccc(C)cc1)Cc1cc2cc(C)cc(C)c2[nH]c1=O. The molecule has 1 unspecified atom stereocenters. The minimum Gasteiger partial charge on any atom is -0.465 e. The van der Waals surface area contributed by atoms with Crippen LogP contribution in [0, 0.1) is 20.8 Å². The van der Waals surface area contributed by atoms with Gasteiger partial charge in [-0.15, -0.1) is 5.10 Å². The van der Waals surface area contributed by atoms with Gasteiger partial charge in [-0.25, -0.2) is 4.68 Å². The highest BCUT2D eigenvalue weighted by Crippen LogP contribution is 2.27. The average Bonchev–Trinajstić information content (AvgIpc) is 3.29. The molecule has 1 atom stereocenters. The number of hydrogen-bond acceptors (Lipinski definition) is 7. The molecule has 0 aliphatic rings. The summed E-state index contributed by atoms with van der Waals surface area (Å²) >= 11 is 0. The Hall–Kier alpha value is -3.85. The third-order valence-electron chi connectivity index (χ3n) is 6.52. The number of carbonyl (C=O) groups is 1. The zero-order valence-electron chi connectivity index (χ0n) is 22.1. The molecule has 0 bridgehead atoms. The number of esters is 1. The van der Waals surface area contributed by atoms with E-state index in [0.29, 0.717) is 30.9 Å². The molecule has 0 radical (unpaired) electrons. The Morgan fingerprint density at radius 2 is 1.81 bits per heavy atom. The highest BCUT2D eigenvalue weighted by Gasteiger charge is 2.27. The van der Waals surface area contributed by atoms with Gasteiger partial charge >= 0.3 is 5.97 Å². The minimum atomic E-state index is -0.396. The molecule has 4 rings (SSSR count). The van der Waals surface area contributed by atoms with Crippen molar-refractivity contribution in [3.63, 3.8) is 0 Å². The van der Waals surface area contributed by atoms with Crippen LogP contribution in [-0.2, 0) is 29.2 Å². The summed E-state index contributed by atoms with van der Waals surface area (Å²) in [6, 6.07) is 14.2. The van der Waals surface area contributed by atoms with Crippen LogP contribution in [0.15, 0.2) is 47.3 Å². The number of aromatic amines is 1. The first-order chi connectivity index (χ1) is 17.8. The summed E-state index contributed by atoms with van der Waals surface area (Å²) in [4.78, 5) is 30.7. The van der Waals surface area contributed by atoms with E-state index >= 15 is 0 Å². The predicted octanol–water partition coefficient (Wildman–Crippen LogP) is 4.16. The number of carbonyl (C=O) groups excluding carboxylic acids is 1. The van der Waals surface area contributed by atoms with Crippen molar-refractivity contribution < 1.29 is 9.53 Å². The number of H-pyrrole nitrogens is 1. The Balaban J connectivity index is 1.74. The number of fused-ring (bicyclic) bond motifs is 1. The molecule has 2 aromatic carbocycles. The monoisotopic (exact) mass is 502 g/mol. The van der Waals surface area contributed by atoms with E-state index in [4.69, 9.17) is 4.74 Å². The Bertz CT molecular complexity index is 1440. The van der Waals surface area contributed by atoms with Gasteiger partial charge in [0.15, 0.2) is 5.82 Å². The van der Waals surface area contributed by atoms with Crippen molar-refractivity contribution >= 4 is 16.9 Å². The van der Waals surface area contributed by atoms with E-state index < -0.39 is 5.97 Å². The first kappa shape index (κ1) is 26.2. The van der Waals surface area contributed by atoms with Crippen molar-refractivity contribution in [2.24, 2.45) is 0 Å². The molecular formula is C28H34N6O3. The van der Waals surface area contributed by atoms with E-state index in [0.717, 1.165) is 27.6 Å². The molecule has 0 aliphatic heterocycles. The number of tetrazole rings is 1. The summed E-state index contributed by atoms with van der Waals surface area (Å²) < 4.78 is 6.60. The summed E-state index contributed by atoms with van der Waals surface area (Å²) in [6.07, 6.45) is 0.679. The maximum absolute atomic E-state index is 13.2. The molecule has 37 heavy (non-hydrogen) atoms. The van der Waals surface area contributed by atoms with Crippen molar-refractivity contribution in [3.8, 4) is 0 Å². The van der Waals surface area contributed by atoms with Gasteiger partial charge < -0.3 is 9.72 Å². The van der Waals surface area contributed by atoms with Gasteiger partial charge in [0.25, 0.3) is 5.56 Å². The molecule has 0 amide bonds. The van der Waals surface area contributed by atoms with Crippen LogP contribution in [0.5, 0.6) is 0 Å². The molecule has 2 heterocycles. The number of nitrogens with one attached hydrogen (secondary N) is 1. The van der Waals surface area contributed by atoms with Crippen LogP contribution in [0.4, 0.5) is 0 Å². The van der Waals surface area contributed by atoms with Gasteiger partial charge in [-0.05, 0) is 73.2 Å². The molecule has 9 heteroatoms. The second kappa shape index (κ2) is 11.5. The second-order valence-corrected chi connectivity index (χ2v) is 9.48. The topological polar surface area (TPSA) is 106 Å². The molecule has 0 aliphatic carbocycles. The zero-order valence-corrected chi connectivity index (χ0v) is 22.1. The Kier molecular flexibility index (Phi) is 8.13. The van der Waals surface area contributed by atoms with Gasteiger partial charge in [0.2, 0.25) is 0 Å². The fourth-order valence-corrected chi connectivity index (χ4v) is 4.77. The third kappa shape index (κ3) is 6.11. The lowest BCUT2D eigenvalue weighted by atomic mass is 10.0. The van der Waals surface area contributed by atoms with Gasteiger partial charge in [-0.3, -0.25) is 14.5 Å². The van der Waals surface area contributed by atoms with Crippen LogP contribution in [0.2, 0.25) is 0 Å². The summed E-state index contributed by atoms with van der Waals surface area (Å²) in [5.41, 5.74) is 5.87. The fourth-order valence-electron chi connectivity index (χ4n) is 4.77. The normalized spacial score (nSPS) is 12.3. The number of pyridine rings is 1. The van der Waals surface area contributed by atoms with Crippen molar-refractivity contribution in [1.82, 2.24) is 30.1 Å². The van der Waals surface area contributed by atoms with E-state index in [9.17, 15) is 9.59 Å². The Labute approximate surface area is 216 Å². The molecular weight excluding hydrogens is 468 g/mol. The maximum atomic E-state index is 13.2. The summed E-state index contributed by atoms with van der Waals surface area (Å²) in [6.45, 7) is 11.1. The molecule has 0 saturated heterocycles. The Morgan fingerprint density at radius 1 is 1.05 bits per heavy atom. The number of nitrogens with zero attached hydrogens (tertiary/aromatic N) is 5. The standard InChI is InChI=1S/C28H34N6O3/c1-6-24(27-30-31-32-34(27)17-25(35)37-7-2)33(15-21-10-8-18(3)9-11-21)16-23-14-22-13-19(4)12-20(5)26(22)29-28(23)36/h8-14,24H,6-7,15-17H2,1-5H3,(H,29,36). The zero-order chi connectivity index (χ0) is 26.5. The van der Waals surface area contributed by atoms with Crippen LogP contribution in [0.25, 0.3) is 10.9 Å². The highest BCUT2D eigenvalue weighted by atomic mass is 16.5. The molecule has 1 N–H and O–H groups in total. The summed E-state index contributed by atoms with van der Waals surface area (Å²) in [5.74, 6) is 0.166. The smallest absolute Gasteiger partial charge is 0.327 e. The molecule has 0 fully saturated rings. The van der Waals surface area contributed by atoms with Crippen LogP contribution in [0.1, 0.15) is 60.0 Å². The number of ether oxygens (including phenoxy) is 1. The first-order valence-corrected chi connectivity index (χ1v) is 12.6. The van der Waals surface area contributed by atoms with E-state index in [1.807, 2.05) is 19.9 Å². The molecule has 194 valence electrons. The molecule has 0 saturated carbocycles. The van der Waals surface area contributed by atoms with Crippen molar-refractivity contribution in [3.05, 3.63) is 86.5 Å². The van der Waals surface area contributed by atoms with Gasteiger partial charge in [0.1, 0.15) is 6.54 Å². The number of rotatable bonds is 10. The lowest BCUT2D eigenvalue weighted by Gasteiger charge is -2.30. The van der Waals surface area contributed by atoms with Gasteiger partial charge in [-0.2, -0.15) is 0 Å². The van der Waals surface area contributed by atoms with E-state index in [-0.39, 0.29) is 24.8 Å². The number of aromatic nitrogens is 5. The van der Waals surface area contributed by atoms with Gasteiger partial charge in [0, 0.05) is 18.7 Å². The first-order valence-electron chi connectivity index (χ1n) is 12.6. The number of hydrogen-bond donors (Lipinski definition) is 1. The van der Waals surface area contributed by atoms with E-state index in [1.54, 1.807) is 6.92 Å². The minimum absolute atomic E-state index is 0.0693. The van der Waals surface area contributed by atoms with Gasteiger partial charge in [0.05, 0.1) is 18.2 Å². The van der Waals surface area contributed by atoms with Crippen LogP contribution in [0.3, 0.4) is 0 Å². The van der Waals surface area contributed by atoms with Gasteiger partial charge in [-0.1, -0.05) is 48.4 Å². The van der Waals surface area contributed by atoms with Crippen molar-refractivity contribution in [2.75, 3.05) is 6.61 Å². The Morgan fingerprint density at radius 3 is 2.51 bits per heavy atom. The number of aryl methyl sites for hydroxylation is 3. The molecule has 2 aromatic heterocycles. The molecule has 9 nitrogen and oxygen atoms in total. The van der Waals surface area contributed by atoms with E-state index in [1.165, 1.54) is 10.2 Å². The summed E-state index contributed by atoms with van der Waals surface area (Å²) in [5, 5.41) is 13.2. The maximum Gasteiger partial charge on any atom is 0.327 e. The van der Waals surface area contributed by atoms with Crippen molar-refractivity contribution in [2.45, 2.75) is 66.7 Å². The average molecular weight is 503 g/mol. The lowest BCUT2D eigenvalue weighted by Crippen LogP contribution is -2.33. The van der Waals surface area contributed by atoms with Crippen LogP contribution in [-0.4, -0.2) is 42.7 Å². The third-order valence-corrected chi connectivity index (χ3v) is 6.52. The largest absolute Gasteiger partial charge is 0.465 e. The van der Waals surface area contributed by atoms with Crippen molar-refractivity contribution in [1.29, 1.82) is 0 Å². The van der Waals surface area contributed by atoms with Crippen LogP contribution >= 0.6 is 0 Å². The molecule has 0 spiro atoms. The second-order valence-electron chi connectivity index (χ2n) is 9.48. The highest BCUT2D eigenvalue weighted by molar-refractivity contribution is 5.82. The van der Waals surface area contributed by atoms with Crippen LogP contribution < -0.4 is 5.56 Å². The quantitative estimate of drug-likeness (QED) is 0.325. The predicted molar refractivity (Wildman–Crippen MR) is 142 cm³/mol.